The average Bonchev–Trinajstić information content (AvgIpc) is 2.99. The highest BCUT2D eigenvalue weighted by Gasteiger charge is 2.13. The molecule has 8 heteroatoms. The lowest BCUT2D eigenvalue weighted by Crippen LogP contribution is -2.27. The van der Waals surface area contributed by atoms with Crippen molar-refractivity contribution in [1.82, 2.24) is 9.38 Å². The third kappa shape index (κ3) is 3.21. The van der Waals surface area contributed by atoms with E-state index in [-0.39, 0.29) is 23.7 Å². The number of benzene rings is 1. The molecule has 0 fully saturated rings. The zero-order valence-corrected chi connectivity index (χ0v) is 12.9. The van der Waals surface area contributed by atoms with Crippen molar-refractivity contribution in [3.63, 3.8) is 0 Å². The van der Waals surface area contributed by atoms with Crippen molar-refractivity contribution in [3.05, 3.63) is 57.7 Å². The molecule has 0 unspecified atom stereocenters. The van der Waals surface area contributed by atoms with Crippen LogP contribution in [0, 0.1) is 12.7 Å². The van der Waals surface area contributed by atoms with Crippen LogP contribution in [0.3, 0.4) is 0 Å². The molecule has 1 aromatic carbocycles. The van der Waals surface area contributed by atoms with Gasteiger partial charge in [0.25, 0.3) is 11.5 Å². The van der Waals surface area contributed by atoms with Crippen LogP contribution in [0.1, 0.15) is 5.69 Å². The van der Waals surface area contributed by atoms with Crippen molar-refractivity contribution in [2.24, 2.45) is 0 Å². The highest BCUT2D eigenvalue weighted by Crippen LogP contribution is 2.13. The van der Waals surface area contributed by atoms with Crippen LogP contribution in [-0.2, 0) is 4.79 Å². The third-order valence-electron chi connectivity index (χ3n) is 3.10. The number of nitrogens with zero attached hydrogens (tertiary/aromatic N) is 2. The number of amides is 1. The molecule has 0 radical (unpaired) electrons. The molecule has 0 bridgehead atoms. The second-order valence-electron chi connectivity index (χ2n) is 4.72. The van der Waals surface area contributed by atoms with Gasteiger partial charge in [-0.25, -0.2) is 9.37 Å². The van der Waals surface area contributed by atoms with Crippen molar-refractivity contribution in [2.45, 2.75) is 6.92 Å². The van der Waals surface area contributed by atoms with E-state index in [2.05, 4.69) is 10.3 Å². The van der Waals surface area contributed by atoms with Crippen molar-refractivity contribution in [2.75, 3.05) is 11.9 Å². The number of hydrogen-bond acceptors (Lipinski definition) is 5. The fourth-order valence-electron chi connectivity index (χ4n) is 1.98. The third-order valence-corrected chi connectivity index (χ3v) is 3.85. The topological polar surface area (TPSA) is 72.7 Å². The summed E-state index contributed by atoms with van der Waals surface area (Å²) in [5.74, 6) is -0.520. The molecule has 0 aliphatic heterocycles. The van der Waals surface area contributed by atoms with Crippen LogP contribution in [0.25, 0.3) is 4.96 Å². The first-order valence-corrected chi connectivity index (χ1v) is 7.57. The zero-order chi connectivity index (χ0) is 16.4. The summed E-state index contributed by atoms with van der Waals surface area (Å²) in [5.41, 5.74) is 0.213. The number of aryl methyl sites for hydroxylation is 1. The number of thiazole rings is 1. The maximum atomic E-state index is 12.8. The van der Waals surface area contributed by atoms with Gasteiger partial charge in [0.05, 0.1) is 5.69 Å². The summed E-state index contributed by atoms with van der Waals surface area (Å²) in [5, 5.41) is 4.26. The molecule has 3 aromatic rings. The van der Waals surface area contributed by atoms with Gasteiger partial charge in [-0.1, -0.05) is 0 Å². The first-order valence-electron chi connectivity index (χ1n) is 6.69. The number of fused-ring (bicyclic) bond motifs is 1. The maximum absolute atomic E-state index is 12.8. The van der Waals surface area contributed by atoms with E-state index >= 15 is 0 Å². The van der Waals surface area contributed by atoms with Gasteiger partial charge in [-0.05, 0) is 31.2 Å². The molecule has 118 valence electrons. The van der Waals surface area contributed by atoms with E-state index < -0.39 is 5.91 Å². The van der Waals surface area contributed by atoms with E-state index in [1.165, 1.54) is 40.0 Å². The predicted molar refractivity (Wildman–Crippen MR) is 84.6 cm³/mol. The van der Waals surface area contributed by atoms with Crippen LogP contribution in [0.2, 0.25) is 0 Å². The SMILES string of the molecule is Cc1nc2sccn2c(=O)c1NC(=O)COc1ccc(F)cc1. The molecule has 0 saturated carbocycles. The van der Waals surface area contributed by atoms with Gasteiger partial charge in [0.1, 0.15) is 17.3 Å². The summed E-state index contributed by atoms with van der Waals surface area (Å²) in [4.78, 5) is 29.1. The zero-order valence-electron chi connectivity index (χ0n) is 12.1. The van der Waals surface area contributed by atoms with E-state index in [1.807, 2.05) is 0 Å². The summed E-state index contributed by atoms with van der Waals surface area (Å²) < 4.78 is 19.4. The predicted octanol–water partition coefficient (Wildman–Crippen LogP) is 2.22. The smallest absolute Gasteiger partial charge is 0.282 e. The number of aromatic nitrogens is 2. The Morgan fingerprint density at radius 3 is 2.87 bits per heavy atom. The summed E-state index contributed by atoms with van der Waals surface area (Å²) in [6.45, 7) is 1.36. The molecule has 2 aromatic heterocycles. The fourth-order valence-corrected chi connectivity index (χ4v) is 2.73. The fraction of sp³-hybridized carbons (Fsp3) is 0.133. The number of carbonyl (C=O) groups is 1. The number of halogens is 1. The Hall–Kier alpha value is -2.74. The average molecular weight is 333 g/mol. The summed E-state index contributed by atoms with van der Waals surface area (Å²) in [6, 6.07) is 5.31. The second-order valence-corrected chi connectivity index (χ2v) is 5.60. The summed E-state index contributed by atoms with van der Waals surface area (Å²) in [7, 11) is 0. The van der Waals surface area contributed by atoms with Crippen LogP contribution < -0.4 is 15.6 Å². The molecular formula is C15H12FN3O3S. The van der Waals surface area contributed by atoms with E-state index in [4.69, 9.17) is 4.74 Å². The molecule has 23 heavy (non-hydrogen) atoms. The molecule has 1 N–H and O–H groups in total. The number of ether oxygens (including phenoxy) is 1. The minimum atomic E-state index is -0.494. The van der Waals surface area contributed by atoms with Gasteiger partial charge >= 0.3 is 0 Å². The molecule has 2 heterocycles. The largest absolute Gasteiger partial charge is 0.484 e. The molecule has 0 aliphatic carbocycles. The molecule has 6 nitrogen and oxygen atoms in total. The Morgan fingerprint density at radius 1 is 1.39 bits per heavy atom. The highest BCUT2D eigenvalue weighted by atomic mass is 32.1. The Labute approximate surface area is 134 Å². The van der Waals surface area contributed by atoms with E-state index in [0.717, 1.165) is 0 Å². The van der Waals surface area contributed by atoms with Gasteiger partial charge in [-0.2, -0.15) is 0 Å². The lowest BCUT2D eigenvalue weighted by molar-refractivity contribution is -0.118. The minimum Gasteiger partial charge on any atom is -0.484 e. The molecule has 3 rings (SSSR count). The molecule has 0 aliphatic rings. The van der Waals surface area contributed by atoms with Gasteiger partial charge in [-0.15, -0.1) is 11.3 Å². The maximum Gasteiger partial charge on any atom is 0.282 e. The van der Waals surface area contributed by atoms with Crippen molar-refractivity contribution >= 4 is 27.9 Å². The standard InChI is InChI=1S/C15H12FN3O3S/c1-9-13(14(21)19-6-7-23-15(19)17-9)18-12(20)8-22-11-4-2-10(16)3-5-11/h2-7H,8H2,1H3,(H,18,20). The van der Waals surface area contributed by atoms with Crippen LogP contribution in [0.5, 0.6) is 5.75 Å². The Bertz CT molecular complexity index is 918. The van der Waals surface area contributed by atoms with Gasteiger partial charge in [0, 0.05) is 11.6 Å². The van der Waals surface area contributed by atoms with Gasteiger partial charge in [-0.3, -0.25) is 14.0 Å². The van der Waals surface area contributed by atoms with Crippen LogP contribution in [-0.4, -0.2) is 21.9 Å². The molecule has 0 saturated heterocycles. The van der Waals surface area contributed by atoms with Crippen molar-refractivity contribution < 1.29 is 13.9 Å². The highest BCUT2D eigenvalue weighted by molar-refractivity contribution is 7.15. The number of anilines is 1. The summed E-state index contributed by atoms with van der Waals surface area (Å²) >= 11 is 1.34. The minimum absolute atomic E-state index is 0.119. The number of hydrogen-bond donors (Lipinski definition) is 1. The molecule has 0 spiro atoms. The van der Waals surface area contributed by atoms with Crippen molar-refractivity contribution in [3.8, 4) is 5.75 Å². The van der Waals surface area contributed by atoms with Gasteiger partial charge in [0.2, 0.25) is 0 Å². The normalized spacial score (nSPS) is 10.7. The lowest BCUT2D eigenvalue weighted by Gasteiger charge is -2.09. The van der Waals surface area contributed by atoms with Crippen LogP contribution in [0.4, 0.5) is 10.1 Å². The van der Waals surface area contributed by atoms with Crippen molar-refractivity contribution in [1.29, 1.82) is 0 Å². The lowest BCUT2D eigenvalue weighted by atomic mass is 10.3. The molecule has 0 atom stereocenters. The van der Waals surface area contributed by atoms with E-state index in [9.17, 15) is 14.0 Å². The summed E-state index contributed by atoms with van der Waals surface area (Å²) in [6.07, 6.45) is 1.60. The van der Waals surface area contributed by atoms with Crippen LogP contribution >= 0.6 is 11.3 Å². The van der Waals surface area contributed by atoms with E-state index in [0.29, 0.717) is 16.4 Å². The Balaban J connectivity index is 1.72. The number of nitrogens with one attached hydrogen (secondary N) is 1. The Morgan fingerprint density at radius 2 is 2.13 bits per heavy atom. The monoisotopic (exact) mass is 333 g/mol. The number of rotatable bonds is 4. The molecular weight excluding hydrogens is 321 g/mol. The number of carbonyl (C=O) groups excluding carboxylic acids is 1. The quantitative estimate of drug-likeness (QED) is 0.794. The van der Waals surface area contributed by atoms with E-state index in [1.54, 1.807) is 18.5 Å². The first-order chi connectivity index (χ1) is 11.0. The van der Waals surface area contributed by atoms with Gasteiger partial charge in [0.15, 0.2) is 11.6 Å². The van der Waals surface area contributed by atoms with Gasteiger partial charge < -0.3 is 10.1 Å². The second kappa shape index (κ2) is 6.17. The first kappa shape index (κ1) is 15.2. The van der Waals surface area contributed by atoms with Crippen LogP contribution in [0.15, 0.2) is 40.6 Å². The Kier molecular flexibility index (Phi) is 4.07. The molecule has 1 amide bonds.